The Hall–Kier alpha value is -1.70. The van der Waals surface area contributed by atoms with Crippen LogP contribution in [0, 0.1) is 0 Å². The summed E-state index contributed by atoms with van der Waals surface area (Å²) in [5.41, 5.74) is 6.27. The number of carboxylic acids is 1. The molecule has 0 spiro atoms. The molecule has 2 rings (SSSR count). The van der Waals surface area contributed by atoms with E-state index in [1.807, 2.05) is 0 Å². The van der Waals surface area contributed by atoms with Crippen molar-refractivity contribution in [3.05, 3.63) is 17.1 Å². The van der Waals surface area contributed by atoms with Gasteiger partial charge in [-0.1, -0.05) is 0 Å². The molecule has 0 radical (unpaired) electrons. The van der Waals surface area contributed by atoms with Gasteiger partial charge in [-0.3, -0.25) is 0 Å². The van der Waals surface area contributed by atoms with Crippen molar-refractivity contribution in [3.8, 4) is 0 Å². The molecule has 8 heteroatoms. The van der Waals surface area contributed by atoms with E-state index in [2.05, 4.69) is 9.97 Å². The lowest BCUT2D eigenvalue weighted by atomic mass is 10.2. The number of carboxylic acid groups (broad SMARTS) is 1. The lowest BCUT2D eigenvalue weighted by Gasteiger charge is -2.16. The molecule has 1 aliphatic heterocycles. The molecule has 0 saturated carbocycles. The highest BCUT2D eigenvalue weighted by Crippen LogP contribution is 2.23. The Morgan fingerprint density at radius 1 is 1.38 bits per heavy atom. The van der Waals surface area contributed by atoms with Crippen molar-refractivity contribution >= 4 is 21.6 Å². The Morgan fingerprint density at radius 3 is 2.69 bits per heavy atom. The van der Waals surface area contributed by atoms with Gasteiger partial charge in [0.05, 0.1) is 17.2 Å². The number of nitrogen functional groups attached to an aromatic ring is 1. The van der Waals surface area contributed by atoms with Gasteiger partial charge in [-0.05, 0) is 0 Å². The minimum atomic E-state index is -3.16. The van der Waals surface area contributed by atoms with Gasteiger partial charge in [-0.2, -0.15) is 0 Å². The first-order chi connectivity index (χ1) is 7.39. The molecule has 0 aromatic carbocycles. The van der Waals surface area contributed by atoms with E-state index in [1.165, 1.54) is 0 Å². The molecule has 0 amide bonds. The zero-order valence-corrected chi connectivity index (χ0v) is 8.99. The molecule has 86 valence electrons. The molecule has 1 aromatic heterocycles. The third kappa shape index (κ3) is 1.83. The summed E-state index contributed by atoms with van der Waals surface area (Å²) in [5.74, 6) is -1.98. The molecular formula is C8H9N3O4S. The fourth-order valence-electron chi connectivity index (χ4n) is 1.55. The van der Waals surface area contributed by atoms with Crippen LogP contribution in [0.1, 0.15) is 21.9 Å². The van der Waals surface area contributed by atoms with Gasteiger partial charge < -0.3 is 10.8 Å². The maximum absolute atomic E-state index is 11.4. The van der Waals surface area contributed by atoms with E-state index in [0.29, 0.717) is 11.3 Å². The molecule has 0 atom stereocenters. The molecule has 0 bridgehead atoms. The molecule has 0 unspecified atom stereocenters. The second-order valence-electron chi connectivity index (χ2n) is 3.50. The second kappa shape index (κ2) is 3.41. The smallest absolute Gasteiger partial charge is 0.374 e. The van der Waals surface area contributed by atoms with Crippen LogP contribution in [0.25, 0.3) is 0 Å². The minimum absolute atomic E-state index is 0.0322. The summed E-state index contributed by atoms with van der Waals surface area (Å²) in [6.07, 6.45) is 0.185. The number of fused-ring (bicyclic) bond motifs is 1. The molecule has 2 heterocycles. The summed E-state index contributed by atoms with van der Waals surface area (Å²) in [6, 6.07) is 0. The highest BCUT2D eigenvalue weighted by Gasteiger charge is 2.26. The summed E-state index contributed by atoms with van der Waals surface area (Å²) in [4.78, 5) is 18.0. The average Bonchev–Trinajstić information content (AvgIpc) is 2.18. The van der Waals surface area contributed by atoms with Gasteiger partial charge >= 0.3 is 5.97 Å². The molecule has 1 aliphatic rings. The Bertz CT molecular complexity index is 567. The highest BCUT2D eigenvalue weighted by molar-refractivity contribution is 7.90. The molecular weight excluding hydrogens is 234 g/mol. The van der Waals surface area contributed by atoms with Crippen LogP contribution in [0.3, 0.4) is 0 Å². The van der Waals surface area contributed by atoms with Crippen molar-refractivity contribution < 1.29 is 18.3 Å². The number of aromatic carboxylic acids is 1. The predicted molar refractivity (Wildman–Crippen MR) is 54.6 cm³/mol. The fourth-order valence-corrected chi connectivity index (χ4v) is 2.96. The van der Waals surface area contributed by atoms with Crippen molar-refractivity contribution in [2.75, 3.05) is 11.5 Å². The van der Waals surface area contributed by atoms with E-state index in [4.69, 9.17) is 10.8 Å². The van der Waals surface area contributed by atoms with Crippen LogP contribution in [0.5, 0.6) is 0 Å². The number of aromatic nitrogens is 2. The second-order valence-corrected chi connectivity index (χ2v) is 5.69. The zero-order valence-electron chi connectivity index (χ0n) is 8.17. The summed E-state index contributed by atoms with van der Waals surface area (Å²) in [6.45, 7) is 0. The van der Waals surface area contributed by atoms with Crippen LogP contribution >= 0.6 is 0 Å². The molecule has 0 fully saturated rings. The Morgan fingerprint density at radius 2 is 2.06 bits per heavy atom. The van der Waals surface area contributed by atoms with E-state index in [-0.39, 0.29) is 23.7 Å². The van der Waals surface area contributed by atoms with Gasteiger partial charge in [0.1, 0.15) is 5.82 Å². The van der Waals surface area contributed by atoms with Gasteiger partial charge in [0, 0.05) is 12.0 Å². The van der Waals surface area contributed by atoms with E-state index >= 15 is 0 Å². The van der Waals surface area contributed by atoms with Gasteiger partial charge in [0.15, 0.2) is 9.84 Å². The monoisotopic (exact) mass is 243 g/mol. The van der Waals surface area contributed by atoms with Crippen molar-refractivity contribution in [1.29, 1.82) is 0 Å². The maximum atomic E-state index is 11.4. The number of anilines is 1. The van der Waals surface area contributed by atoms with Crippen LogP contribution in [0.2, 0.25) is 0 Å². The summed E-state index contributed by atoms with van der Waals surface area (Å²) in [7, 11) is -3.16. The number of carbonyl (C=O) groups is 1. The standard InChI is InChI=1S/C8H9N3O4S/c9-6-4-3-16(14,15)2-1-5(4)10-7(11-6)8(12)13/h1-3H2,(H,12,13)(H2,9,10,11). The Balaban J connectivity index is 2.56. The van der Waals surface area contributed by atoms with Gasteiger partial charge in [-0.25, -0.2) is 23.2 Å². The van der Waals surface area contributed by atoms with E-state index < -0.39 is 21.6 Å². The Kier molecular flexibility index (Phi) is 2.30. The van der Waals surface area contributed by atoms with E-state index in [9.17, 15) is 13.2 Å². The lowest BCUT2D eigenvalue weighted by Crippen LogP contribution is -2.23. The first-order valence-electron chi connectivity index (χ1n) is 4.48. The van der Waals surface area contributed by atoms with E-state index in [0.717, 1.165) is 0 Å². The third-order valence-electron chi connectivity index (χ3n) is 2.33. The lowest BCUT2D eigenvalue weighted by molar-refractivity contribution is 0.0683. The summed E-state index contributed by atoms with van der Waals surface area (Å²) >= 11 is 0. The van der Waals surface area contributed by atoms with Crippen LogP contribution < -0.4 is 5.73 Å². The van der Waals surface area contributed by atoms with Crippen molar-refractivity contribution in [2.24, 2.45) is 0 Å². The summed E-state index contributed by atoms with van der Waals surface area (Å²) < 4.78 is 22.7. The van der Waals surface area contributed by atoms with Crippen LogP contribution in [0.15, 0.2) is 0 Å². The first kappa shape index (κ1) is 10.8. The van der Waals surface area contributed by atoms with Gasteiger partial charge in [-0.15, -0.1) is 0 Å². The topological polar surface area (TPSA) is 123 Å². The minimum Gasteiger partial charge on any atom is -0.475 e. The highest BCUT2D eigenvalue weighted by atomic mass is 32.2. The first-order valence-corrected chi connectivity index (χ1v) is 6.30. The SMILES string of the molecule is Nc1nc(C(=O)O)nc2c1CS(=O)(=O)CC2. The number of sulfone groups is 1. The normalized spacial score (nSPS) is 17.8. The van der Waals surface area contributed by atoms with Gasteiger partial charge in [0.25, 0.3) is 0 Å². The number of aryl methyl sites for hydroxylation is 1. The molecule has 3 N–H and O–H groups in total. The number of hydrogen-bond acceptors (Lipinski definition) is 6. The fraction of sp³-hybridized carbons (Fsp3) is 0.375. The van der Waals surface area contributed by atoms with Crippen LogP contribution in [-0.2, 0) is 22.0 Å². The molecule has 16 heavy (non-hydrogen) atoms. The predicted octanol–water partition coefficient (Wildman–Crippen LogP) is -0.772. The largest absolute Gasteiger partial charge is 0.475 e. The average molecular weight is 243 g/mol. The van der Waals surface area contributed by atoms with Crippen LogP contribution in [-0.4, -0.2) is 35.2 Å². The molecule has 7 nitrogen and oxygen atoms in total. The van der Waals surface area contributed by atoms with Crippen LogP contribution in [0.4, 0.5) is 5.82 Å². The molecule has 0 aliphatic carbocycles. The number of nitrogens with zero attached hydrogens (tertiary/aromatic N) is 2. The maximum Gasteiger partial charge on any atom is 0.374 e. The van der Waals surface area contributed by atoms with E-state index in [1.54, 1.807) is 0 Å². The van der Waals surface area contributed by atoms with Crippen molar-refractivity contribution in [2.45, 2.75) is 12.2 Å². The quantitative estimate of drug-likeness (QED) is 0.663. The number of rotatable bonds is 1. The molecule has 1 aromatic rings. The molecule has 0 saturated heterocycles. The Labute approximate surface area is 91.2 Å². The summed E-state index contributed by atoms with van der Waals surface area (Å²) in [5, 5.41) is 8.71. The van der Waals surface area contributed by atoms with Gasteiger partial charge in [0.2, 0.25) is 5.82 Å². The zero-order chi connectivity index (χ0) is 11.9. The third-order valence-corrected chi connectivity index (χ3v) is 3.88. The number of nitrogens with two attached hydrogens (primary N) is 1. The number of hydrogen-bond donors (Lipinski definition) is 2. The van der Waals surface area contributed by atoms with Crippen molar-refractivity contribution in [1.82, 2.24) is 9.97 Å². The van der Waals surface area contributed by atoms with Crippen molar-refractivity contribution in [3.63, 3.8) is 0 Å².